The Morgan fingerprint density at radius 1 is 1.22 bits per heavy atom. The molecule has 0 spiro atoms. The van der Waals surface area contributed by atoms with E-state index >= 15 is 0 Å². The van der Waals surface area contributed by atoms with E-state index in [1.807, 2.05) is 17.0 Å². The molecule has 3 atom stereocenters. The number of fused-ring (bicyclic) bond motifs is 2. The lowest BCUT2D eigenvalue weighted by molar-refractivity contribution is 0.00870. The Bertz CT molecular complexity index is 760. The number of nitrogens with zero attached hydrogens (tertiary/aromatic N) is 1. The van der Waals surface area contributed by atoms with Gasteiger partial charge in [-0.2, -0.15) is 0 Å². The fourth-order valence-electron chi connectivity index (χ4n) is 4.00. The fourth-order valence-corrected chi connectivity index (χ4v) is 4.00. The van der Waals surface area contributed by atoms with Crippen molar-refractivity contribution in [3.63, 3.8) is 0 Å². The maximum Gasteiger partial charge on any atom is 0.254 e. The highest BCUT2D eigenvalue weighted by Gasteiger charge is 2.38. The van der Waals surface area contributed by atoms with Gasteiger partial charge in [-0.15, -0.1) is 0 Å². The molecule has 2 aliphatic rings. The van der Waals surface area contributed by atoms with E-state index < -0.39 is 0 Å². The van der Waals surface area contributed by atoms with Crippen LogP contribution in [0.4, 0.5) is 4.39 Å². The zero-order valence-electron chi connectivity index (χ0n) is 13.2. The number of piperidine rings is 1. The van der Waals surface area contributed by atoms with E-state index in [9.17, 15) is 9.18 Å². The Kier molecular flexibility index (Phi) is 3.57. The van der Waals surface area contributed by atoms with Gasteiger partial charge in [0, 0.05) is 30.0 Å². The monoisotopic (exact) mass is 313 g/mol. The Morgan fingerprint density at radius 3 is 2.83 bits per heavy atom. The number of ether oxygens (including phenoxy) is 1. The van der Waals surface area contributed by atoms with Crippen molar-refractivity contribution in [2.24, 2.45) is 5.92 Å². The number of carbonyl (C=O) groups is 1. The predicted octanol–water partition coefficient (Wildman–Crippen LogP) is 3.62. The molecule has 4 rings (SSSR count). The topological polar surface area (TPSA) is 29.5 Å². The maximum atomic E-state index is 13.9. The second kappa shape index (κ2) is 5.60. The molecule has 0 N–H and O–H groups in total. The zero-order chi connectivity index (χ0) is 16.0. The first-order valence-corrected chi connectivity index (χ1v) is 8.25. The van der Waals surface area contributed by atoms with Crippen molar-refractivity contribution in [1.29, 1.82) is 0 Å². The van der Waals surface area contributed by atoms with Crippen LogP contribution in [-0.4, -0.2) is 36.1 Å². The Hall–Kier alpha value is -1.94. The second-order valence-corrected chi connectivity index (χ2v) is 6.66. The van der Waals surface area contributed by atoms with Crippen molar-refractivity contribution in [2.45, 2.75) is 32.0 Å². The van der Waals surface area contributed by atoms with Crippen molar-refractivity contribution in [2.75, 3.05) is 13.1 Å². The average molecular weight is 313 g/mol. The first kappa shape index (κ1) is 14.6. The van der Waals surface area contributed by atoms with Crippen LogP contribution in [0.25, 0.3) is 10.8 Å². The maximum absolute atomic E-state index is 13.9. The van der Waals surface area contributed by atoms with Crippen molar-refractivity contribution in [3.05, 3.63) is 47.8 Å². The summed E-state index contributed by atoms with van der Waals surface area (Å²) < 4.78 is 19.8. The number of amides is 1. The SMILES string of the molecule is C[C@@H]1C[C@@H]2CN(C(=O)c3ccc(F)c4ccccc34)CC[C@@H]2O1. The molecule has 0 saturated carbocycles. The summed E-state index contributed by atoms with van der Waals surface area (Å²) in [6, 6.07) is 10.2. The van der Waals surface area contributed by atoms with Crippen molar-refractivity contribution >= 4 is 16.7 Å². The minimum atomic E-state index is -0.283. The van der Waals surface area contributed by atoms with E-state index in [1.165, 1.54) is 6.07 Å². The second-order valence-electron chi connectivity index (χ2n) is 6.66. The lowest BCUT2D eigenvalue weighted by atomic mass is 9.92. The molecule has 120 valence electrons. The molecule has 2 aromatic carbocycles. The van der Waals surface area contributed by atoms with Crippen LogP contribution in [0.15, 0.2) is 36.4 Å². The van der Waals surface area contributed by atoms with Crippen LogP contribution < -0.4 is 0 Å². The van der Waals surface area contributed by atoms with E-state index in [-0.39, 0.29) is 17.8 Å². The van der Waals surface area contributed by atoms with Crippen molar-refractivity contribution < 1.29 is 13.9 Å². The Labute approximate surface area is 135 Å². The van der Waals surface area contributed by atoms with Gasteiger partial charge < -0.3 is 9.64 Å². The molecule has 0 unspecified atom stereocenters. The molecule has 0 aliphatic carbocycles. The van der Waals surface area contributed by atoms with Gasteiger partial charge in [-0.3, -0.25) is 4.79 Å². The van der Waals surface area contributed by atoms with Gasteiger partial charge in [0.15, 0.2) is 0 Å². The van der Waals surface area contributed by atoms with Crippen molar-refractivity contribution in [3.8, 4) is 0 Å². The van der Waals surface area contributed by atoms with Crippen LogP contribution in [0.2, 0.25) is 0 Å². The highest BCUT2D eigenvalue weighted by Crippen LogP contribution is 2.33. The Morgan fingerprint density at radius 2 is 2.00 bits per heavy atom. The molecule has 1 amide bonds. The van der Waals surface area contributed by atoms with Gasteiger partial charge in [0.25, 0.3) is 5.91 Å². The number of likely N-dealkylation sites (tertiary alicyclic amines) is 1. The largest absolute Gasteiger partial charge is 0.375 e. The number of rotatable bonds is 1. The third-order valence-electron chi connectivity index (χ3n) is 5.09. The number of hydrogen-bond donors (Lipinski definition) is 0. The van der Waals surface area contributed by atoms with Gasteiger partial charge >= 0.3 is 0 Å². The number of halogens is 1. The van der Waals surface area contributed by atoms with Gasteiger partial charge in [0.2, 0.25) is 0 Å². The predicted molar refractivity (Wildman–Crippen MR) is 86.9 cm³/mol. The highest BCUT2D eigenvalue weighted by atomic mass is 19.1. The quantitative estimate of drug-likeness (QED) is 0.805. The van der Waals surface area contributed by atoms with Gasteiger partial charge in [-0.25, -0.2) is 4.39 Å². The van der Waals surface area contributed by atoms with E-state index in [4.69, 9.17) is 4.74 Å². The van der Waals surface area contributed by atoms with E-state index in [0.29, 0.717) is 34.9 Å². The standard InChI is InChI=1S/C19H20FNO2/c1-12-10-13-11-21(9-8-18(13)23-12)19(22)16-6-7-17(20)15-5-3-2-4-14(15)16/h2-7,12-13,18H,8-11H2,1H3/t12-,13-,18+/m1/s1. The average Bonchev–Trinajstić information content (AvgIpc) is 2.94. The van der Waals surface area contributed by atoms with E-state index in [2.05, 4.69) is 6.92 Å². The lowest BCUT2D eigenvalue weighted by Crippen LogP contribution is -2.44. The van der Waals surface area contributed by atoms with Crippen LogP contribution in [0.5, 0.6) is 0 Å². The summed E-state index contributed by atoms with van der Waals surface area (Å²) in [5, 5.41) is 1.20. The molecule has 2 aromatic rings. The molecule has 2 fully saturated rings. The first-order chi connectivity index (χ1) is 11.1. The minimum Gasteiger partial charge on any atom is -0.375 e. The van der Waals surface area contributed by atoms with Gasteiger partial charge in [0.1, 0.15) is 5.82 Å². The molecular weight excluding hydrogens is 293 g/mol. The normalized spacial score (nSPS) is 27.2. The van der Waals surface area contributed by atoms with E-state index in [0.717, 1.165) is 19.4 Å². The number of benzene rings is 2. The molecule has 0 aromatic heterocycles. The van der Waals surface area contributed by atoms with Crippen LogP contribution >= 0.6 is 0 Å². The highest BCUT2D eigenvalue weighted by molar-refractivity contribution is 6.07. The molecule has 0 bridgehead atoms. The molecular formula is C19H20FNO2. The van der Waals surface area contributed by atoms with Crippen LogP contribution in [0.1, 0.15) is 30.1 Å². The third-order valence-corrected chi connectivity index (χ3v) is 5.09. The van der Waals surface area contributed by atoms with Gasteiger partial charge in [0.05, 0.1) is 12.2 Å². The fraction of sp³-hybridized carbons (Fsp3) is 0.421. The summed E-state index contributed by atoms with van der Waals surface area (Å²) in [5.41, 5.74) is 0.590. The first-order valence-electron chi connectivity index (χ1n) is 8.25. The van der Waals surface area contributed by atoms with Gasteiger partial charge in [-0.05, 0) is 37.3 Å². The Balaban J connectivity index is 1.64. The number of carbonyl (C=O) groups excluding carboxylic acids is 1. The summed E-state index contributed by atoms with van der Waals surface area (Å²) >= 11 is 0. The summed E-state index contributed by atoms with van der Waals surface area (Å²) in [4.78, 5) is 14.9. The van der Waals surface area contributed by atoms with E-state index in [1.54, 1.807) is 18.2 Å². The third kappa shape index (κ3) is 2.51. The van der Waals surface area contributed by atoms with Crippen LogP contribution in [0.3, 0.4) is 0 Å². The summed E-state index contributed by atoms with van der Waals surface area (Å²) in [7, 11) is 0. The van der Waals surface area contributed by atoms with Crippen LogP contribution in [0, 0.1) is 11.7 Å². The summed E-state index contributed by atoms with van der Waals surface area (Å²) in [6.07, 6.45) is 2.48. The smallest absolute Gasteiger partial charge is 0.254 e. The molecule has 23 heavy (non-hydrogen) atoms. The summed E-state index contributed by atoms with van der Waals surface area (Å²) in [5.74, 6) is 0.141. The molecule has 2 saturated heterocycles. The van der Waals surface area contributed by atoms with Gasteiger partial charge in [-0.1, -0.05) is 24.3 Å². The molecule has 2 heterocycles. The molecule has 2 aliphatic heterocycles. The number of hydrogen-bond acceptors (Lipinski definition) is 2. The van der Waals surface area contributed by atoms with Crippen LogP contribution in [-0.2, 0) is 4.74 Å². The summed E-state index contributed by atoms with van der Waals surface area (Å²) in [6.45, 7) is 3.54. The molecule has 0 radical (unpaired) electrons. The zero-order valence-corrected chi connectivity index (χ0v) is 13.2. The lowest BCUT2D eigenvalue weighted by Gasteiger charge is -2.34. The van der Waals surface area contributed by atoms with Crippen molar-refractivity contribution in [1.82, 2.24) is 4.90 Å². The minimum absolute atomic E-state index is 0.000738. The molecule has 3 nitrogen and oxygen atoms in total. The molecule has 4 heteroatoms.